The summed E-state index contributed by atoms with van der Waals surface area (Å²) in [5.41, 5.74) is 0. The summed E-state index contributed by atoms with van der Waals surface area (Å²) in [6, 6.07) is -0.104. The second-order valence-electron chi connectivity index (χ2n) is 4.59. The van der Waals surface area contributed by atoms with Crippen LogP contribution < -0.4 is 10.6 Å². The molecule has 0 radical (unpaired) electrons. The molecular formula is C13H28N2O2. The van der Waals surface area contributed by atoms with E-state index in [9.17, 15) is 4.79 Å². The highest BCUT2D eigenvalue weighted by molar-refractivity contribution is 5.81. The van der Waals surface area contributed by atoms with Crippen LogP contribution in [-0.4, -0.2) is 37.7 Å². The Morgan fingerprint density at radius 2 is 1.88 bits per heavy atom. The molecule has 1 unspecified atom stereocenters. The minimum Gasteiger partial charge on any atom is -0.379 e. The molecule has 0 bridgehead atoms. The number of ether oxygens (including phenoxy) is 1. The summed E-state index contributed by atoms with van der Waals surface area (Å²) in [5, 5.41) is 6.08. The van der Waals surface area contributed by atoms with Gasteiger partial charge in [-0.15, -0.1) is 0 Å². The first-order valence-electron chi connectivity index (χ1n) is 6.70. The third-order valence-corrected chi connectivity index (χ3v) is 2.42. The molecule has 17 heavy (non-hydrogen) atoms. The summed E-state index contributed by atoms with van der Waals surface area (Å²) >= 11 is 0. The van der Waals surface area contributed by atoms with Crippen LogP contribution in [0, 0.1) is 0 Å². The first-order chi connectivity index (χ1) is 8.07. The number of carbonyl (C=O) groups excluding carboxylic acids is 1. The van der Waals surface area contributed by atoms with Gasteiger partial charge in [-0.1, -0.05) is 6.92 Å². The molecule has 0 saturated carbocycles. The second-order valence-corrected chi connectivity index (χ2v) is 4.59. The van der Waals surface area contributed by atoms with Gasteiger partial charge in [0.25, 0.3) is 0 Å². The first-order valence-corrected chi connectivity index (χ1v) is 6.70. The first kappa shape index (κ1) is 16.4. The molecule has 0 aliphatic heterocycles. The Hall–Kier alpha value is -0.610. The fourth-order valence-corrected chi connectivity index (χ4v) is 1.36. The van der Waals surface area contributed by atoms with Crippen molar-refractivity contribution in [1.29, 1.82) is 0 Å². The van der Waals surface area contributed by atoms with Crippen molar-refractivity contribution >= 4 is 5.91 Å². The van der Waals surface area contributed by atoms with E-state index >= 15 is 0 Å². The third-order valence-electron chi connectivity index (χ3n) is 2.42. The predicted octanol–water partition coefficient (Wildman–Crippen LogP) is 1.70. The van der Waals surface area contributed by atoms with Gasteiger partial charge in [0.15, 0.2) is 0 Å². The molecule has 4 nitrogen and oxygen atoms in total. The van der Waals surface area contributed by atoms with Gasteiger partial charge < -0.3 is 15.4 Å². The lowest BCUT2D eigenvalue weighted by molar-refractivity contribution is -0.122. The molecular weight excluding hydrogens is 216 g/mol. The van der Waals surface area contributed by atoms with Gasteiger partial charge in [-0.3, -0.25) is 4.79 Å². The summed E-state index contributed by atoms with van der Waals surface area (Å²) in [6.45, 7) is 10.4. The van der Waals surface area contributed by atoms with Crippen molar-refractivity contribution in [3.8, 4) is 0 Å². The highest BCUT2D eigenvalue weighted by atomic mass is 16.5. The molecule has 0 aromatic rings. The fourth-order valence-electron chi connectivity index (χ4n) is 1.36. The maximum atomic E-state index is 11.5. The SMILES string of the molecule is CCCNC(=O)C(C)NCCCCOC(C)C. The lowest BCUT2D eigenvalue weighted by Gasteiger charge is -2.13. The number of rotatable bonds is 10. The predicted molar refractivity (Wildman–Crippen MR) is 71.1 cm³/mol. The summed E-state index contributed by atoms with van der Waals surface area (Å²) in [5.74, 6) is 0.0882. The van der Waals surface area contributed by atoms with E-state index in [4.69, 9.17) is 4.74 Å². The van der Waals surface area contributed by atoms with Crippen molar-refractivity contribution in [3.05, 3.63) is 0 Å². The van der Waals surface area contributed by atoms with Gasteiger partial charge in [0.1, 0.15) is 0 Å². The summed E-state index contributed by atoms with van der Waals surface area (Å²) in [7, 11) is 0. The molecule has 0 aromatic carbocycles. The van der Waals surface area contributed by atoms with Gasteiger partial charge in [-0.25, -0.2) is 0 Å². The van der Waals surface area contributed by atoms with E-state index in [0.29, 0.717) is 6.10 Å². The molecule has 0 saturated heterocycles. The van der Waals surface area contributed by atoms with Crippen molar-refractivity contribution < 1.29 is 9.53 Å². The molecule has 4 heteroatoms. The van der Waals surface area contributed by atoms with Crippen molar-refractivity contribution in [1.82, 2.24) is 10.6 Å². The average molecular weight is 244 g/mol. The van der Waals surface area contributed by atoms with Gasteiger partial charge in [-0.2, -0.15) is 0 Å². The van der Waals surface area contributed by atoms with Crippen molar-refractivity contribution in [2.75, 3.05) is 19.7 Å². The monoisotopic (exact) mass is 244 g/mol. The van der Waals surface area contributed by atoms with Crippen LogP contribution in [0.2, 0.25) is 0 Å². The van der Waals surface area contributed by atoms with Gasteiger partial charge in [0, 0.05) is 13.2 Å². The Morgan fingerprint density at radius 1 is 1.18 bits per heavy atom. The molecule has 0 rings (SSSR count). The average Bonchev–Trinajstić information content (AvgIpc) is 2.29. The normalized spacial score (nSPS) is 12.8. The van der Waals surface area contributed by atoms with Crippen molar-refractivity contribution in [2.24, 2.45) is 0 Å². The van der Waals surface area contributed by atoms with Crippen molar-refractivity contribution in [2.45, 2.75) is 59.1 Å². The van der Waals surface area contributed by atoms with Gasteiger partial charge in [0.2, 0.25) is 5.91 Å². The molecule has 0 heterocycles. The number of unbranched alkanes of at least 4 members (excludes halogenated alkanes) is 1. The fraction of sp³-hybridized carbons (Fsp3) is 0.923. The van der Waals surface area contributed by atoms with Crippen LogP contribution in [-0.2, 0) is 9.53 Å². The molecule has 0 spiro atoms. The lowest BCUT2D eigenvalue weighted by Crippen LogP contribution is -2.42. The zero-order valence-electron chi connectivity index (χ0n) is 11.7. The summed E-state index contributed by atoms with van der Waals surface area (Å²) in [6.07, 6.45) is 3.36. The minimum atomic E-state index is -0.104. The van der Waals surface area contributed by atoms with E-state index < -0.39 is 0 Å². The van der Waals surface area contributed by atoms with Crippen LogP contribution in [0.3, 0.4) is 0 Å². The maximum absolute atomic E-state index is 11.5. The lowest BCUT2D eigenvalue weighted by atomic mass is 10.2. The number of hydrogen-bond donors (Lipinski definition) is 2. The zero-order chi connectivity index (χ0) is 13.1. The van der Waals surface area contributed by atoms with E-state index in [0.717, 1.165) is 39.0 Å². The molecule has 0 fully saturated rings. The van der Waals surface area contributed by atoms with E-state index in [2.05, 4.69) is 10.6 Å². The highest BCUT2D eigenvalue weighted by Crippen LogP contribution is 1.94. The van der Waals surface area contributed by atoms with Crippen LogP contribution in [0.4, 0.5) is 0 Å². The Balaban J connectivity index is 3.38. The molecule has 102 valence electrons. The summed E-state index contributed by atoms with van der Waals surface area (Å²) < 4.78 is 5.44. The van der Waals surface area contributed by atoms with Crippen molar-refractivity contribution in [3.63, 3.8) is 0 Å². The standard InChI is InChI=1S/C13H28N2O2/c1-5-8-15-13(16)12(4)14-9-6-7-10-17-11(2)3/h11-12,14H,5-10H2,1-4H3,(H,15,16). The minimum absolute atomic E-state index is 0.0882. The van der Waals surface area contributed by atoms with Crippen LogP contribution in [0.15, 0.2) is 0 Å². The maximum Gasteiger partial charge on any atom is 0.236 e. The van der Waals surface area contributed by atoms with Gasteiger partial charge in [-0.05, 0) is 46.6 Å². The number of nitrogens with one attached hydrogen (secondary N) is 2. The summed E-state index contributed by atoms with van der Waals surface area (Å²) in [4.78, 5) is 11.5. The number of carbonyl (C=O) groups is 1. The third kappa shape index (κ3) is 10.3. The van der Waals surface area contributed by atoms with E-state index in [-0.39, 0.29) is 11.9 Å². The van der Waals surface area contributed by atoms with E-state index in [1.807, 2.05) is 27.7 Å². The van der Waals surface area contributed by atoms with Crippen LogP contribution in [0.1, 0.15) is 47.0 Å². The topological polar surface area (TPSA) is 50.4 Å². The molecule has 0 aliphatic rings. The zero-order valence-corrected chi connectivity index (χ0v) is 11.7. The van der Waals surface area contributed by atoms with Crippen LogP contribution >= 0.6 is 0 Å². The largest absolute Gasteiger partial charge is 0.379 e. The number of hydrogen-bond acceptors (Lipinski definition) is 3. The second kappa shape index (κ2) is 10.5. The Labute approximate surface area is 105 Å². The highest BCUT2D eigenvalue weighted by Gasteiger charge is 2.09. The Bertz CT molecular complexity index is 196. The molecule has 0 aromatic heterocycles. The van der Waals surface area contributed by atoms with Crippen LogP contribution in [0.5, 0.6) is 0 Å². The number of amides is 1. The Kier molecular flexibility index (Phi) is 10.2. The molecule has 1 atom stereocenters. The molecule has 0 aliphatic carbocycles. The quantitative estimate of drug-likeness (QED) is 0.575. The van der Waals surface area contributed by atoms with Gasteiger partial charge in [0.05, 0.1) is 12.1 Å². The Morgan fingerprint density at radius 3 is 2.47 bits per heavy atom. The van der Waals surface area contributed by atoms with E-state index in [1.54, 1.807) is 0 Å². The molecule has 2 N–H and O–H groups in total. The smallest absolute Gasteiger partial charge is 0.236 e. The van der Waals surface area contributed by atoms with Crippen LogP contribution in [0.25, 0.3) is 0 Å². The van der Waals surface area contributed by atoms with Gasteiger partial charge >= 0.3 is 0 Å². The molecule has 1 amide bonds. The van der Waals surface area contributed by atoms with E-state index in [1.165, 1.54) is 0 Å².